The van der Waals surface area contributed by atoms with Crippen LogP contribution in [0.2, 0.25) is 5.02 Å². The summed E-state index contributed by atoms with van der Waals surface area (Å²) in [7, 11) is 0. The summed E-state index contributed by atoms with van der Waals surface area (Å²) in [5.74, 6) is 1.41. The van der Waals surface area contributed by atoms with Gasteiger partial charge in [-0.3, -0.25) is 0 Å². The average Bonchev–Trinajstić information content (AvgIpc) is 2.19. The lowest BCUT2D eigenvalue weighted by Gasteiger charge is -2.04. The molecule has 69 valence electrons. The van der Waals surface area contributed by atoms with Crippen molar-refractivity contribution in [2.75, 3.05) is 0 Å². The minimum absolute atomic E-state index is 0.665. The van der Waals surface area contributed by atoms with Gasteiger partial charge in [0.25, 0.3) is 0 Å². The quantitative estimate of drug-likeness (QED) is 0.719. The van der Waals surface area contributed by atoms with Gasteiger partial charge in [0, 0.05) is 11.1 Å². The molecule has 0 atom stereocenters. The van der Waals surface area contributed by atoms with E-state index in [1.807, 2.05) is 36.4 Å². The summed E-state index contributed by atoms with van der Waals surface area (Å²) in [5.41, 5.74) is 0. The fourth-order valence-electron chi connectivity index (χ4n) is 1.10. The van der Waals surface area contributed by atoms with Crippen molar-refractivity contribution in [2.24, 2.45) is 0 Å². The molecule has 0 heterocycles. The summed E-state index contributed by atoms with van der Waals surface area (Å²) in [5, 5.41) is 0.665. The second-order valence-corrected chi connectivity index (χ2v) is 3.22. The minimum atomic E-state index is 0.665. The number of hydrogen-bond donors (Lipinski definition) is 0. The van der Waals surface area contributed by atoms with Crippen molar-refractivity contribution in [3.63, 3.8) is 0 Å². The third-order valence-corrected chi connectivity index (χ3v) is 1.94. The zero-order valence-electron chi connectivity index (χ0n) is 7.41. The maximum atomic E-state index is 5.82. The lowest BCUT2D eigenvalue weighted by atomic mass is 10.3. The predicted octanol–water partition coefficient (Wildman–Crippen LogP) is 3.93. The molecular weight excluding hydrogens is 196 g/mol. The molecule has 2 heteroatoms. The first-order valence-corrected chi connectivity index (χ1v) is 4.62. The van der Waals surface area contributed by atoms with Gasteiger partial charge in [-0.15, -0.1) is 0 Å². The molecule has 0 aromatic heterocycles. The Balaban J connectivity index is 2.19. The van der Waals surface area contributed by atoms with Crippen molar-refractivity contribution in [1.82, 2.24) is 0 Å². The third kappa shape index (κ3) is 2.27. The highest BCUT2D eigenvalue weighted by molar-refractivity contribution is 6.30. The molecule has 0 saturated carbocycles. The maximum Gasteiger partial charge on any atom is 0.135 e. The van der Waals surface area contributed by atoms with Gasteiger partial charge < -0.3 is 4.74 Å². The van der Waals surface area contributed by atoms with Crippen molar-refractivity contribution in [3.8, 4) is 11.5 Å². The van der Waals surface area contributed by atoms with E-state index in [9.17, 15) is 0 Å². The summed E-state index contributed by atoms with van der Waals surface area (Å²) >= 11 is 5.82. The lowest BCUT2D eigenvalue weighted by molar-refractivity contribution is 0.481. The molecule has 0 spiro atoms. The highest BCUT2D eigenvalue weighted by Gasteiger charge is 1.96. The van der Waals surface area contributed by atoms with Crippen molar-refractivity contribution >= 4 is 11.6 Å². The molecule has 2 rings (SSSR count). The molecule has 0 aliphatic heterocycles. The third-order valence-electron chi connectivity index (χ3n) is 1.70. The fraction of sp³-hybridized carbons (Fsp3) is 0. The Kier molecular flexibility index (Phi) is 2.70. The van der Waals surface area contributed by atoms with Crippen LogP contribution in [0.15, 0.2) is 48.5 Å². The number of ether oxygens (including phenoxy) is 1. The summed E-state index contributed by atoms with van der Waals surface area (Å²) in [4.78, 5) is 0. The molecule has 0 amide bonds. The van der Waals surface area contributed by atoms with Crippen molar-refractivity contribution < 1.29 is 4.74 Å². The van der Waals surface area contributed by atoms with E-state index in [0.29, 0.717) is 10.8 Å². The number of hydrogen-bond acceptors (Lipinski definition) is 1. The second-order valence-electron chi connectivity index (χ2n) is 2.79. The first kappa shape index (κ1) is 9.10. The van der Waals surface area contributed by atoms with Gasteiger partial charge >= 0.3 is 0 Å². The van der Waals surface area contributed by atoms with Crippen LogP contribution in [0.4, 0.5) is 0 Å². The Hall–Kier alpha value is -1.47. The summed E-state index contributed by atoms with van der Waals surface area (Å²) in [6, 6.07) is 17.7. The highest BCUT2D eigenvalue weighted by atomic mass is 35.5. The molecule has 0 fully saturated rings. The smallest absolute Gasteiger partial charge is 0.135 e. The molecule has 1 nitrogen and oxygen atoms in total. The second kappa shape index (κ2) is 4.16. The summed E-state index contributed by atoms with van der Waals surface area (Å²) in [6.45, 7) is 0. The summed E-state index contributed by atoms with van der Waals surface area (Å²) < 4.78 is 5.52. The molecule has 1 radical (unpaired) electrons. The van der Waals surface area contributed by atoms with E-state index in [0.717, 1.165) is 5.75 Å². The van der Waals surface area contributed by atoms with Crippen molar-refractivity contribution in [2.45, 2.75) is 0 Å². The SMILES string of the molecule is Clc1cccc(Oc2[c]cccc2)c1. The molecule has 2 aromatic carbocycles. The van der Waals surface area contributed by atoms with E-state index in [-0.39, 0.29) is 0 Å². The average molecular weight is 204 g/mol. The van der Waals surface area contributed by atoms with Gasteiger partial charge in [0.2, 0.25) is 0 Å². The van der Waals surface area contributed by atoms with Crippen LogP contribution in [-0.2, 0) is 0 Å². The van der Waals surface area contributed by atoms with E-state index in [4.69, 9.17) is 16.3 Å². The van der Waals surface area contributed by atoms with Crippen LogP contribution in [0, 0.1) is 6.07 Å². The van der Waals surface area contributed by atoms with Gasteiger partial charge in [-0.05, 0) is 24.3 Å². The van der Waals surface area contributed by atoms with Crippen LogP contribution >= 0.6 is 11.6 Å². The predicted molar refractivity (Wildman–Crippen MR) is 56.8 cm³/mol. The molecule has 0 saturated heterocycles. The van der Waals surface area contributed by atoms with E-state index in [1.54, 1.807) is 12.1 Å². The van der Waals surface area contributed by atoms with Crippen LogP contribution in [0.3, 0.4) is 0 Å². The molecule has 2 aromatic rings. The number of rotatable bonds is 2. The molecule has 0 aliphatic carbocycles. The number of benzene rings is 2. The number of para-hydroxylation sites is 1. The molecule has 14 heavy (non-hydrogen) atoms. The van der Waals surface area contributed by atoms with Gasteiger partial charge in [-0.1, -0.05) is 35.9 Å². The maximum absolute atomic E-state index is 5.82. The Morgan fingerprint density at radius 1 is 1.07 bits per heavy atom. The normalized spacial score (nSPS) is 9.79. The standard InChI is InChI=1S/C12H8ClO/c13-10-5-4-8-12(9-10)14-11-6-2-1-3-7-11/h1-6,8-9H. The fourth-order valence-corrected chi connectivity index (χ4v) is 1.28. The molecule has 0 bridgehead atoms. The lowest BCUT2D eigenvalue weighted by Crippen LogP contribution is -1.82. The van der Waals surface area contributed by atoms with E-state index >= 15 is 0 Å². The molecule has 0 N–H and O–H groups in total. The van der Waals surface area contributed by atoms with Crippen molar-refractivity contribution in [1.29, 1.82) is 0 Å². The van der Waals surface area contributed by atoms with Gasteiger partial charge in [-0.2, -0.15) is 0 Å². The van der Waals surface area contributed by atoms with E-state index < -0.39 is 0 Å². The largest absolute Gasteiger partial charge is 0.457 e. The topological polar surface area (TPSA) is 9.23 Å². The number of halogens is 1. The van der Waals surface area contributed by atoms with Gasteiger partial charge in [0.15, 0.2) is 0 Å². The first-order valence-electron chi connectivity index (χ1n) is 4.25. The Morgan fingerprint density at radius 2 is 2.00 bits per heavy atom. The monoisotopic (exact) mass is 203 g/mol. The molecule has 0 unspecified atom stereocenters. The van der Waals surface area contributed by atoms with E-state index in [2.05, 4.69) is 6.07 Å². The Morgan fingerprint density at radius 3 is 2.71 bits per heavy atom. The van der Waals surface area contributed by atoms with Crippen molar-refractivity contribution in [3.05, 3.63) is 59.6 Å². The van der Waals surface area contributed by atoms with E-state index in [1.165, 1.54) is 0 Å². The van der Waals surface area contributed by atoms with Gasteiger partial charge in [0.05, 0.1) is 0 Å². The van der Waals surface area contributed by atoms with Gasteiger partial charge in [0.1, 0.15) is 11.5 Å². The van der Waals surface area contributed by atoms with Crippen LogP contribution in [0.25, 0.3) is 0 Å². The Labute approximate surface area is 87.9 Å². The van der Waals surface area contributed by atoms with Crippen LogP contribution in [-0.4, -0.2) is 0 Å². The zero-order chi connectivity index (χ0) is 9.80. The molecular formula is C12H8ClO. The molecule has 0 aliphatic rings. The van der Waals surface area contributed by atoms with Gasteiger partial charge in [-0.25, -0.2) is 0 Å². The Bertz CT molecular complexity index is 412. The van der Waals surface area contributed by atoms with Crippen LogP contribution < -0.4 is 4.74 Å². The zero-order valence-corrected chi connectivity index (χ0v) is 8.16. The van der Waals surface area contributed by atoms with Crippen LogP contribution in [0.1, 0.15) is 0 Å². The minimum Gasteiger partial charge on any atom is -0.457 e. The summed E-state index contributed by atoms with van der Waals surface area (Å²) in [6.07, 6.45) is 0. The van der Waals surface area contributed by atoms with Crippen LogP contribution in [0.5, 0.6) is 11.5 Å². The first-order chi connectivity index (χ1) is 6.84. The highest BCUT2D eigenvalue weighted by Crippen LogP contribution is 2.23.